The summed E-state index contributed by atoms with van der Waals surface area (Å²) in [5.74, 6) is -0.621. The monoisotopic (exact) mass is 344 g/mol. The summed E-state index contributed by atoms with van der Waals surface area (Å²) in [5.41, 5.74) is 0. The zero-order valence-corrected chi connectivity index (χ0v) is 13.8. The minimum Gasteiger partial charge on any atom is -0.376 e. The smallest absolute Gasteiger partial charge is 0.240 e. The number of nitrogens with one attached hydrogen (secondary N) is 1. The molecule has 1 heterocycles. The lowest BCUT2D eigenvalue weighted by Gasteiger charge is -2.24. The molecule has 0 radical (unpaired) electrons. The molecule has 0 bridgehead atoms. The lowest BCUT2D eigenvalue weighted by molar-refractivity contribution is -0.130. The van der Waals surface area contributed by atoms with E-state index in [4.69, 9.17) is 4.74 Å². The van der Waals surface area contributed by atoms with Gasteiger partial charge in [0.15, 0.2) is 0 Å². The van der Waals surface area contributed by atoms with Crippen LogP contribution in [0.15, 0.2) is 29.2 Å². The molecule has 1 aromatic rings. The summed E-state index contributed by atoms with van der Waals surface area (Å²) in [6.07, 6.45) is 1.91. The second-order valence-electron chi connectivity index (χ2n) is 5.45. The molecule has 8 heteroatoms. The highest BCUT2D eigenvalue weighted by Crippen LogP contribution is 2.13. The number of hydrogen-bond acceptors (Lipinski definition) is 4. The quantitative estimate of drug-likeness (QED) is 0.805. The van der Waals surface area contributed by atoms with Gasteiger partial charge in [-0.05, 0) is 37.1 Å². The van der Waals surface area contributed by atoms with Crippen LogP contribution in [0.25, 0.3) is 0 Å². The number of ether oxygens (including phenoxy) is 1. The van der Waals surface area contributed by atoms with Crippen LogP contribution in [0.4, 0.5) is 4.39 Å². The predicted octanol–water partition coefficient (Wildman–Crippen LogP) is 1.13. The first-order chi connectivity index (χ1) is 10.9. The summed E-state index contributed by atoms with van der Waals surface area (Å²) in [7, 11) is -3.71. The number of carbonyl (C=O) groups excluding carboxylic acids is 1. The second kappa shape index (κ2) is 7.85. The third-order valence-corrected chi connectivity index (χ3v) is 5.17. The van der Waals surface area contributed by atoms with Crippen molar-refractivity contribution in [2.24, 2.45) is 0 Å². The van der Waals surface area contributed by atoms with Crippen LogP contribution >= 0.6 is 0 Å². The van der Waals surface area contributed by atoms with Gasteiger partial charge in [-0.25, -0.2) is 17.5 Å². The van der Waals surface area contributed by atoms with Crippen LogP contribution in [0.2, 0.25) is 0 Å². The zero-order chi connectivity index (χ0) is 16.9. The Hall–Kier alpha value is -1.51. The highest BCUT2D eigenvalue weighted by Gasteiger charge is 2.21. The number of rotatable bonds is 7. The molecule has 0 aromatic heterocycles. The van der Waals surface area contributed by atoms with Crippen molar-refractivity contribution in [2.45, 2.75) is 30.8 Å². The van der Waals surface area contributed by atoms with Gasteiger partial charge in [0, 0.05) is 33.2 Å². The molecule has 1 amide bonds. The van der Waals surface area contributed by atoms with E-state index in [1.807, 2.05) is 0 Å². The van der Waals surface area contributed by atoms with E-state index in [0.29, 0.717) is 13.2 Å². The molecule has 0 spiro atoms. The molecule has 1 atom stereocenters. The highest BCUT2D eigenvalue weighted by atomic mass is 32.2. The summed E-state index contributed by atoms with van der Waals surface area (Å²) >= 11 is 0. The zero-order valence-electron chi connectivity index (χ0n) is 13.0. The first kappa shape index (κ1) is 17.8. The fourth-order valence-corrected chi connectivity index (χ4v) is 3.44. The van der Waals surface area contributed by atoms with Gasteiger partial charge in [-0.1, -0.05) is 0 Å². The van der Waals surface area contributed by atoms with Crippen molar-refractivity contribution >= 4 is 15.9 Å². The molecule has 1 fully saturated rings. The van der Waals surface area contributed by atoms with Crippen LogP contribution in [-0.4, -0.2) is 51.6 Å². The summed E-state index contributed by atoms with van der Waals surface area (Å²) in [4.78, 5) is 13.2. The van der Waals surface area contributed by atoms with Crippen molar-refractivity contribution in [1.82, 2.24) is 9.62 Å². The third kappa shape index (κ3) is 5.26. The number of hydrogen-bond donors (Lipinski definition) is 1. The third-order valence-electron chi connectivity index (χ3n) is 3.69. The Bertz CT molecular complexity index is 627. The van der Waals surface area contributed by atoms with Crippen LogP contribution in [0.1, 0.15) is 19.8 Å². The van der Waals surface area contributed by atoms with Gasteiger partial charge < -0.3 is 9.64 Å². The van der Waals surface area contributed by atoms with Gasteiger partial charge in [0.25, 0.3) is 0 Å². The van der Waals surface area contributed by atoms with Crippen LogP contribution in [0, 0.1) is 5.82 Å². The summed E-state index contributed by atoms with van der Waals surface area (Å²) < 4.78 is 44.9. The Morgan fingerprint density at radius 1 is 1.39 bits per heavy atom. The maximum absolute atomic E-state index is 12.8. The topological polar surface area (TPSA) is 75.7 Å². The van der Waals surface area contributed by atoms with Crippen molar-refractivity contribution < 1.29 is 22.3 Å². The van der Waals surface area contributed by atoms with E-state index in [9.17, 15) is 17.6 Å². The number of carbonyl (C=O) groups is 1. The molecule has 6 nitrogen and oxygen atoms in total. The van der Waals surface area contributed by atoms with Gasteiger partial charge in [0.2, 0.25) is 15.9 Å². The highest BCUT2D eigenvalue weighted by molar-refractivity contribution is 7.89. The van der Waals surface area contributed by atoms with Gasteiger partial charge in [-0.15, -0.1) is 0 Å². The molecule has 2 rings (SSSR count). The normalized spacial score (nSPS) is 18.1. The van der Waals surface area contributed by atoms with Crippen LogP contribution in [0.5, 0.6) is 0 Å². The predicted molar refractivity (Wildman–Crippen MR) is 82.8 cm³/mol. The van der Waals surface area contributed by atoms with E-state index < -0.39 is 15.8 Å². The Morgan fingerprint density at radius 3 is 2.65 bits per heavy atom. The molecule has 1 N–H and O–H groups in total. The fourth-order valence-electron chi connectivity index (χ4n) is 2.42. The molecular formula is C15H21FN2O4S. The van der Waals surface area contributed by atoms with E-state index in [-0.39, 0.29) is 30.0 Å². The van der Waals surface area contributed by atoms with Crippen LogP contribution < -0.4 is 4.72 Å². The molecule has 1 aromatic carbocycles. The molecule has 0 aliphatic carbocycles. The first-order valence-electron chi connectivity index (χ1n) is 7.51. The molecule has 1 unspecified atom stereocenters. The molecular weight excluding hydrogens is 323 g/mol. The molecule has 1 aliphatic heterocycles. The Kier molecular flexibility index (Phi) is 6.09. The van der Waals surface area contributed by atoms with E-state index in [2.05, 4.69) is 4.72 Å². The molecule has 0 saturated carbocycles. The summed E-state index contributed by atoms with van der Waals surface area (Å²) in [6, 6.07) is 4.58. The van der Waals surface area contributed by atoms with E-state index in [1.54, 1.807) is 4.90 Å². The Morgan fingerprint density at radius 2 is 2.09 bits per heavy atom. The molecule has 128 valence electrons. The first-order valence-corrected chi connectivity index (χ1v) is 8.99. The minimum atomic E-state index is -3.71. The number of benzene rings is 1. The van der Waals surface area contributed by atoms with Crippen LogP contribution in [-0.2, 0) is 19.6 Å². The molecule has 1 aliphatic rings. The fraction of sp³-hybridized carbons (Fsp3) is 0.533. The number of sulfonamides is 1. The average Bonchev–Trinajstić information content (AvgIpc) is 2.99. The molecule has 23 heavy (non-hydrogen) atoms. The minimum absolute atomic E-state index is 0.00704. The Balaban J connectivity index is 1.88. The molecule has 1 saturated heterocycles. The number of halogens is 1. The van der Waals surface area contributed by atoms with E-state index >= 15 is 0 Å². The van der Waals surface area contributed by atoms with Gasteiger partial charge in [-0.3, -0.25) is 4.79 Å². The maximum atomic E-state index is 12.8. The van der Waals surface area contributed by atoms with Gasteiger partial charge in [0.05, 0.1) is 11.0 Å². The SMILES string of the molecule is CC(=O)N(CCNS(=O)(=O)c1ccc(F)cc1)CC1CCCO1. The van der Waals surface area contributed by atoms with Gasteiger partial charge >= 0.3 is 0 Å². The van der Waals surface area contributed by atoms with Crippen LogP contribution in [0.3, 0.4) is 0 Å². The van der Waals surface area contributed by atoms with Gasteiger partial charge in [0.1, 0.15) is 5.82 Å². The van der Waals surface area contributed by atoms with Crippen molar-refractivity contribution in [2.75, 3.05) is 26.2 Å². The van der Waals surface area contributed by atoms with Crippen molar-refractivity contribution in [3.63, 3.8) is 0 Å². The Labute approximate surface area is 135 Å². The van der Waals surface area contributed by atoms with Crippen molar-refractivity contribution in [3.8, 4) is 0 Å². The summed E-state index contributed by atoms with van der Waals surface area (Å²) in [6.45, 7) is 2.96. The standard InChI is InChI=1S/C15H21FN2O4S/c1-12(19)18(11-14-3-2-10-22-14)9-8-17-23(20,21)15-6-4-13(16)5-7-15/h4-7,14,17H,2-3,8-11H2,1H3. The lowest BCUT2D eigenvalue weighted by Crippen LogP contribution is -2.41. The second-order valence-corrected chi connectivity index (χ2v) is 7.22. The van der Waals surface area contributed by atoms with Gasteiger partial charge in [-0.2, -0.15) is 0 Å². The van der Waals surface area contributed by atoms with E-state index in [1.165, 1.54) is 19.1 Å². The largest absolute Gasteiger partial charge is 0.376 e. The number of amides is 1. The van der Waals surface area contributed by atoms with E-state index in [0.717, 1.165) is 25.0 Å². The summed E-state index contributed by atoms with van der Waals surface area (Å²) in [5, 5.41) is 0. The average molecular weight is 344 g/mol. The lowest BCUT2D eigenvalue weighted by atomic mass is 10.2. The maximum Gasteiger partial charge on any atom is 0.240 e. The van der Waals surface area contributed by atoms with Crippen molar-refractivity contribution in [1.29, 1.82) is 0 Å². The van der Waals surface area contributed by atoms with Crippen molar-refractivity contribution in [3.05, 3.63) is 30.1 Å². The number of nitrogens with zero attached hydrogens (tertiary/aromatic N) is 1.